The molecule has 0 saturated carbocycles. The van der Waals surface area contributed by atoms with Crippen molar-refractivity contribution < 1.29 is 0 Å². The van der Waals surface area contributed by atoms with Crippen molar-refractivity contribution in [3.8, 4) is 17.8 Å². The van der Waals surface area contributed by atoms with Gasteiger partial charge in [-0.1, -0.05) is 18.2 Å². The highest BCUT2D eigenvalue weighted by Gasteiger charge is 2.09. The molecule has 1 aromatic heterocycles. The zero-order valence-electron chi connectivity index (χ0n) is 9.91. The molecule has 88 valence electrons. The molecule has 3 rings (SSSR count). The van der Waals surface area contributed by atoms with Gasteiger partial charge in [-0.05, 0) is 24.3 Å². The molecule has 4 nitrogen and oxygen atoms in total. The van der Waals surface area contributed by atoms with Crippen LogP contribution in [0.1, 0.15) is 11.1 Å². The van der Waals surface area contributed by atoms with E-state index < -0.39 is 0 Å². The van der Waals surface area contributed by atoms with Gasteiger partial charge in [0.05, 0.1) is 28.5 Å². The Kier molecular flexibility index (Phi) is 2.48. The standard InChI is InChI=1S/C15H8N4/c16-8-11-6-13-10-18-19(14-4-2-1-3-5-14)15(13)7-12(11)9-17/h1-7,10H. The molecule has 4 heteroatoms. The SMILES string of the molecule is N#Cc1cc2cnn(-c3ccccc3)c2cc1C#N. The third-order valence-electron chi connectivity index (χ3n) is 2.95. The van der Waals surface area contributed by atoms with E-state index in [9.17, 15) is 0 Å². The van der Waals surface area contributed by atoms with Crippen LogP contribution >= 0.6 is 0 Å². The number of hydrogen-bond donors (Lipinski definition) is 0. The van der Waals surface area contributed by atoms with Gasteiger partial charge in [-0.25, -0.2) is 4.68 Å². The maximum Gasteiger partial charge on any atom is 0.101 e. The Morgan fingerprint density at radius 3 is 2.32 bits per heavy atom. The molecule has 1 heterocycles. The maximum absolute atomic E-state index is 9.08. The Labute approximate surface area is 109 Å². The van der Waals surface area contributed by atoms with Crippen molar-refractivity contribution in [2.45, 2.75) is 0 Å². The summed E-state index contributed by atoms with van der Waals surface area (Å²) >= 11 is 0. The third-order valence-corrected chi connectivity index (χ3v) is 2.95. The van der Waals surface area contributed by atoms with Gasteiger partial charge < -0.3 is 0 Å². The van der Waals surface area contributed by atoms with Gasteiger partial charge in [0.1, 0.15) is 12.1 Å². The van der Waals surface area contributed by atoms with Crippen LogP contribution in [-0.2, 0) is 0 Å². The van der Waals surface area contributed by atoms with Crippen molar-refractivity contribution in [2.24, 2.45) is 0 Å². The number of nitriles is 2. The highest BCUT2D eigenvalue weighted by Crippen LogP contribution is 2.22. The molecule has 19 heavy (non-hydrogen) atoms. The first kappa shape index (κ1) is 11.0. The van der Waals surface area contributed by atoms with E-state index in [0.717, 1.165) is 16.6 Å². The largest absolute Gasteiger partial charge is 0.233 e. The summed E-state index contributed by atoms with van der Waals surface area (Å²) in [5.74, 6) is 0. The molecule has 0 fully saturated rings. The summed E-state index contributed by atoms with van der Waals surface area (Å²) in [6.45, 7) is 0. The van der Waals surface area contributed by atoms with Crippen LogP contribution in [0.2, 0.25) is 0 Å². The summed E-state index contributed by atoms with van der Waals surface area (Å²) in [5.41, 5.74) is 2.49. The van der Waals surface area contributed by atoms with E-state index in [1.807, 2.05) is 42.5 Å². The predicted molar refractivity (Wildman–Crippen MR) is 70.5 cm³/mol. The fourth-order valence-corrected chi connectivity index (χ4v) is 2.03. The van der Waals surface area contributed by atoms with Crippen molar-refractivity contribution in [1.29, 1.82) is 10.5 Å². The lowest BCUT2D eigenvalue weighted by Crippen LogP contribution is -1.96. The van der Waals surface area contributed by atoms with Gasteiger partial charge in [-0.3, -0.25) is 0 Å². The molecule has 0 bridgehead atoms. The van der Waals surface area contributed by atoms with Crippen LogP contribution in [0.5, 0.6) is 0 Å². The molecule has 0 aliphatic rings. The lowest BCUT2D eigenvalue weighted by atomic mass is 10.1. The van der Waals surface area contributed by atoms with Crippen LogP contribution < -0.4 is 0 Å². The Balaban J connectivity index is 2.31. The first-order valence-electron chi connectivity index (χ1n) is 5.71. The van der Waals surface area contributed by atoms with Crippen molar-refractivity contribution in [3.63, 3.8) is 0 Å². The molecule has 2 aromatic carbocycles. The van der Waals surface area contributed by atoms with Crippen LogP contribution in [0.3, 0.4) is 0 Å². The average Bonchev–Trinajstić information content (AvgIpc) is 2.89. The summed E-state index contributed by atoms with van der Waals surface area (Å²) in [7, 11) is 0. The average molecular weight is 244 g/mol. The van der Waals surface area contributed by atoms with Gasteiger partial charge in [0.15, 0.2) is 0 Å². The normalized spacial score (nSPS) is 10.0. The molecular weight excluding hydrogens is 236 g/mol. The zero-order chi connectivity index (χ0) is 13.2. The Morgan fingerprint density at radius 2 is 1.63 bits per heavy atom. The van der Waals surface area contributed by atoms with Crippen molar-refractivity contribution in [3.05, 3.63) is 59.8 Å². The highest BCUT2D eigenvalue weighted by atomic mass is 15.3. The quantitative estimate of drug-likeness (QED) is 0.661. The summed E-state index contributed by atoms with van der Waals surface area (Å²) in [6, 6.07) is 17.1. The Bertz CT molecular complexity index is 832. The van der Waals surface area contributed by atoms with Gasteiger partial charge in [0.2, 0.25) is 0 Å². The highest BCUT2D eigenvalue weighted by molar-refractivity contribution is 5.83. The van der Waals surface area contributed by atoms with E-state index in [1.165, 1.54) is 0 Å². The lowest BCUT2D eigenvalue weighted by Gasteiger charge is -2.03. The minimum absolute atomic E-state index is 0.368. The summed E-state index contributed by atoms with van der Waals surface area (Å²) < 4.78 is 1.76. The van der Waals surface area contributed by atoms with Crippen molar-refractivity contribution >= 4 is 10.9 Å². The van der Waals surface area contributed by atoms with Crippen LogP contribution in [0.15, 0.2) is 48.7 Å². The van der Waals surface area contributed by atoms with Crippen molar-refractivity contribution in [2.75, 3.05) is 0 Å². The summed E-state index contributed by atoms with van der Waals surface area (Å²) in [5, 5.41) is 23.2. The number of nitrogens with zero attached hydrogens (tertiary/aromatic N) is 4. The van der Waals surface area contributed by atoms with Crippen molar-refractivity contribution in [1.82, 2.24) is 9.78 Å². The fourth-order valence-electron chi connectivity index (χ4n) is 2.03. The molecular formula is C15H8N4. The topological polar surface area (TPSA) is 65.4 Å². The fraction of sp³-hybridized carbons (Fsp3) is 0. The van der Waals surface area contributed by atoms with E-state index in [4.69, 9.17) is 10.5 Å². The number of aromatic nitrogens is 2. The first-order valence-corrected chi connectivity index (χ1v) is 5.71. The molecule has 0 aliphatic carbocycles. The summed E-state index contributed by atoms with van der Waals surface area (Å²) in [6.07, 6.45) is 1.70. The number of benzene rings is 2. The smallest absolute Gasteiger partial charge is 0.101 e. The number of hydrogen-bond acceptors (Lipinski definition) is 3. The molecule has 0 radical (unpaired) electrons. The molecule has 0 spiro atoms. The van der Waals surface area contributed by atoms with Crippen LogP contribution in [0.4, 0.5) is 0 Å². The number of fused-ring (bicyclic) bond motifs is 1. The minimum atomic E-state index is 0.368. The number of rotatable bonds is 1. The Hall–Kier alpha value is -3.11. The van der Waals surface area contributed by atoms with Gasteiger partial charge in [-0.15, -0.1) is 0 Å². The lowest BCUT2D eigenvalue weighted by molar-refractivity contribution is 0.910. The molecule has 3 aromatic rings. The molecule has 0 aliphatic heterocycles. The summed E-state index contributed by atoms with van der Waals surface area (Å²) in [4.78, 5) is 0. The zero-order valence-corrected chi connectivity index (χ0v) is 9.91. The van der Waals surface area contributed by atoms with Gasteiger partial charge in [-0.2, -0.15) is 15.6 Å². The van der Waals surface area contributed by atoms with E-state index >= 15 is 0 Å². The van der Waals surface area contributed by atoms with E-state index in [-0.39, 0.29) is 0 Å². The van der Waals surface area contributed by atoms with Crippen LogP contribution in [0.25, 0.3) is 16.6 Å². The molecule has 0 atom stereocenters. The van der Waals surface area contributed by atoms with Gasteiger partial charge >= 0.3 is 0 Å². The molecule has 0 amide bonds. The van der Waals surface area contributed by atoms with E-state index in [1.54, 1.807) is 23.0 Å². The van der Waals surface area contributed by atoms with Gasteiger partial charge in [0.25, 0.3) is 0 Å². The second kappa shape index (κ2) is 4.29. The maximum atomic E-state index is 9.08. The third kappa shape index (κ3) is 1.72. The monoisotopic (exact) mass is 244 g/mol. The predicted octanol–water partition coefficient (Wildman–Crippen LogP) is 2.77. The van der Waals surface area contributed by atoms with Crippen LogP contribution in [0, 0.1) is 22.7 Å². The van der Waals surface area contributed by atoms with Crippen LogP contribution in [-0.4, -0.2) is 9.78 Å². The second-order valence-electron chi connectivity index (χ2n) is 4.07. The second-order valence-corrected chi connectivity index (χ2v) is 4.07. The van der Waals surface area contributed by atoms with E-state index in [2.05, 4.69) is 5.10 Å². The number of para-hydroxylation sites is 1. The molecule has 0 unspecified atom stereocenters. The van der Waals surface area contributed by atoms with Gasteiger partial charge in [0, 0.05) is 5.39 Å². The minimum Gasteiger partial charge on any atom is -0.233 e. The molecule has 0 N–H and O–H groups in total. The molecule has 0 saturated heterocycles. The van der Waals surface area contributed by atoms with E-state index in [0.29, 0.717) is 11.1 Å². The first-order chi connectivity index (χ1) is 9.33. The Morgan fingerprint density at radius 1 is 0.947 bits per heavy atom.